The molecule has 0 atom stereocenters. The number of aliphatic carboxylic acids is 1. The highest BCUT2D eigenvalue weighted by molar-refractivity contribution is 5.93. The molecule has 0 aliphatic heterocycles. The highest BCUT2D eigenvalue weighted by Gasteiger charge is 2.31. The van der Waals surface area contributed by atoms with Crippen molar-refractivity contribution in [2.45, 2.75) is 25.3 Å². The van der Waals surface area contributed by atoms with Gasteiger partial charge < -0.3 is 10.4 Å². The van der Waals surface area contributed by atoms with E-state index in [4.69, 9.17) is 5.11 Å². The van der Waals surface area contributed by atoms with Crippen molar-refractivity contribution >= 4 is 11.9 Å². The van der Waals surface area contributed by atoms with Gasteiger partial charge in [-0.25, -0.2) is 0 Å². The van der Waals surface area contributed by atoms with Gasteiger partial charge in [-0.05, 0) is 18.8 Å². The van der Waals surface area contributed by atoms with E-state index in [1.165, 1.54) is 12.4 Å². The van der Waals surface area contributed by atoms with Crippen LogP contribution in [0, 0.1) is 5.92 Å². The number of carboxylic acids is 1. The van der Waals surface area contributed by atoms with Gasteiger partial charge in [-0.15, -0.1) is 0 Å². The van der Waals surface area contributed by atoms with Crippen molar-refractivity contribution in [1.82, 2.24) is 15.5 Å². The van der Waals surface area contributed by atoms with Crippen LogP contribution in [0.1, 0.15) is 29.6 Å². The van der Waals surface area contributed by atoms with Crippen LogP contribution in [0.4, 0.5) is 0 Å². The van der Waals surface area contributed by atoms with E-state index in [1.54, 1.807) is 0 Å². The molecule has 6 nitrogen and oxygen atoms in total. The second kappa shape index (κ2) is 4.34. The first-order chi connectivity index (χ1) is 7.65. The molecule has 6 heteroatoms. The van der Waals surface area contributed by atoms with Gasteiger partial charge in [-0.2, -0.15) is 5.10 Å². The second-order valence-electron chi connectivity index (χ2n) is 4.09. The Balaban J connectivity index is 1.74. The van der Waals surface area contributed by atoms with E-state index in [-0.39, 0.29) is 24.3 Å². The molecule has 0 aromatic carbocycles. The van der Waals surface area contributed by atoms with Crippen LogP contribution in [-0.2, 0) is 4.79 Å². The Morgan fingerprint density at radius 3 is 2.88 bits per heavy atom. The van der Waals surface area contributed by atoms with E-state index in [0.717, 1.165) is 12.8 Å². The molecule has 86 valence electrons. The predicted molar refractivity (Wildman–Crippen MR) is 54.8 cm³/mol. The Labute approximate surface area is 92.0 Å². The van der Waals surface area contributed by atoms with E-state index >= 15 is 0 Å². The zero-order valence-electron chi connectivity index (χ0n) is 8.64. The van der Waals surface area contributed by atoms with Gasteiger partial charge in [0.05, 0.1) is 11.8 Å². The molecular formula is C10H13N3O3. The van der Waals surface area contributed by atoms with Gasteiger partial charge >= 0.3 is 5.97 Å². The topological polar surface area (TPSA) is 95.1 Å². The van der Waals surface area contributed by atoms with Crippen molar-refractivity contribution in [3.63, 3.8) is 0 Å². The maximum Gasteiger partial charge on any atom is 0.303 e. The Kier molecular flexibility index (Phi) is 2.89. The molecule has 1 aromatic heterocycles. The maximum atomic E-state index is 11.6. The molecule has 1 amide bonds. The third kappa shape index (κ3) is 2.39. The summed E-state index contributed by atoms with van der Waals surface area (Å²) in [4.78, 5) is 22.0. The summed E-state index contributed by atoms with van der Waals surface area (Å²) in [5, 5.41) is 17.6. The molecule has 1 fully saturated rings. The molecule has 0 radical (unpaired) electrons. The quantitative estimate of drug-likeness (QED) is 0.688. The van der Waals surface area contributed by atoms with Crippen LogP contribution in [0.2, 0.25) is 0 Å². The summed E-state index contributed by atoms with van der Waals surface area (Å²) >= 11 is 0. The van der Waals surface area contributed by atoms with Gasteiger partial charge in [0.2, 0.25) is 0 Å². The predicted octanol–water partition coefficient (Wildman–Crippen LogP) is 0.393. The van der Waals surface area contributed by atoms with Gasteiger partial charge in [0.15, 0.2) is 0 Å². The number of carbonyl (C=O) groups excluding carboxylic acids is 1. The molecule has 3 N–H and O–H groups in total. The van der Waals surface area contributed by atoms with Crippen molar-refractivity contribution in [2.24, 2.45) is 5.92 Å². The lowest BCUT2D eigenvalue weighted by Crippen LogP contribution is -2.44. The summed E-state index contributed by atoms with van der Waals surface area (Å²) < 4.78 is 0. The molecule has 0 spiro atoms. The highest BCUT2D eigenvalue weighted by atomic mass is 16.4. The van der Waals surface area contributed by atoms with E-state index < -0.39 is 5.97 Å². The Hall–Kier alpha value is -1.85. The van der Waals surface area contributed by atoms with Crippen molar-refractivity contribution < 1.29 is 14.7 Å². The van der Waals surface area contributed by atoms with Crippen molar-refractivity contribution in [2.75, 3.05) is 0 Å². The first kappa shape index (κ1) is 10.7. The van der Waals surface area contributed by atoms with Crippen LogP contribution in [-0.4, -0.2) is 33.2 Å². The van der Waals surface area contributed by atoms with Gasteiger partial charge in [0.25, 0.3) is 5.91 Å². The van der Waals surface area contributed by atoms with Crippen LogP contribution in [0.5, 0.6) is 0 Å². The third-order valence-corrected chi connectivity index (χ3v) is 2.79. The molecule has 0 saturated heterocycles. The monoisotopic (exact) mass is 223 g/mol. The number of nitrogens with zero attached hydrogens (tertiary/aromatic N) is 1. The van der Waals surface area contributed by atoms with Gasteiger partial charge in [0.1, 0.15) is 0 Å². The highest BCUT2D eigenvalue weighted by Crippen LogP contribution is 2.30. The number of carbonyl (C=O) groups is 2. The van der Waals surface area contributed by atoms with Crippen LogP contribution in [0.15, 0.2) is 12.4 Å². The lowest BCUT2D eigenvalue weighted by molar-refractivity contribution is -0.138. The standard InChI is InChI=1S/C10H13N3O3/c14-9(15)3-6-1-8(2-6)13-10(16)7-4-11-12-5-7/h4-6,8H,1-3H2,(H,11,12)(H,13,16)(H,14,15). The first-order valence-electron chi connectivity index (χ1n) is 5.16. The number of hydrogen-bond acceptors (Lipinski definition) is 3. The lowest BCUT2D eigenvalue weighted by Gasteiger charge is -2.34. The molecule has 1 saturated carbocycles. The number of aromatic amines is 1. The lowest BCUT2D eigenvalue weighted by atomic mass is 9.78. The molecule has 16 heavy (non-hydrogen) atoms. The molecule has 1 aliphatic rings. The van der Waals surface area contributed by atoms with E-state index in [0.29, 0.717) is 5.56 Å². The first-order valence-corrected chi connectivity index (χ1v) is 5.16. The molecule has 1 aliphatic carbocycles. The van der Waals surface area contributed by atoms with Gasteiger partial charge in [0, 0.05) is 18.7 Å². The Morgan fingerprint density at radius 2 is 2.31 bits per heavy atom. The average molecular weight is 223 g/mol. The van der Waals surface area contributed by atoms with Gasteiger partial charge in [-0.3, -0.25) is 14.7 Å². The SMILES string of the molecule is O=C(O)CC1CC(NC(=O)c2cn[nH]c2)C1. The Morgan fingerprint density at radius 1 is 1.56 bits per heavy atom. The molecule has 0 bridgehead atoms. The molecule has 0 unspecified atom stereocenters. The van der Waals surface area contributed by atoms with E-state index in [2.05, 4.69) is 15.5 Å². The number of aromatic nitrogens is 2. The van der Waals surface area contributed by atoms with Crippen molar-refractivity contribution in [3.8, 4) is 0 Å². The van der Waals surface area contributed by atoms with E-state index in [9.17, 15) is 9.59 Å². The summed E-state index contributed by atoms with van der Waals surface area (Å²) in [7, 11) is 0. The fourth-order valence-corrected chi connectivity index (χ4v) is 1.91. The van der Waals surface area contributed by atoms with Crippen LogP contribution in [0.3, 0.4) is 0 Å². The average Bonchev–Trinajstić information content (AvgIpc) is 2.66. The Bertz CT molecular complexity index is 382. The summed E-state index contributed by atoms with van der Waals surface area (Å²) in [6.07, 6.45) is 4.68. The maximum absolute atomic E-state index is 11.6. The van der Waals surface area contributed by atoms with Crippen LogP contribution >= 0.6 is 0 Å². The summed E-state index contributed by atoms with van der Waals surface area (Å²) in [5.41, 5.74) is 0.502. The summed E-state index contributed by atoms with van der Waals surface area (Å²) in [6.45, 7) is 0. The minimum Gasteiger partial charge on any atom is -0.481 e. The zero-order chi connectivity index (χ0) is 11.5. The molecule has 1 aromatic rings. The number of carboxylic acid groups (broad SMARTS) is 1. The number of nitrogens with one attached hydrogen (secondary N) is 2. The molecule has 2 rings (SSSR count). The minimum absolute atomic E-state index is 0.103. The number of hydrogen-bond donors (Lipinski definition) is 3. The normalized spacial score (nSPS) is 23.5. The van der Waals surface area contributed by atoms with Crippen LogP contribution < -0.4 is 5.32 Å². The smallest absolute Gasteiger partial charge is 0.303 e. The largest absolute Gasteiger partial charge is 0.481 e. The number of amides is 1. The van der Waals surface area contributed by atoms with Crippen LogP contribution in [0.25, 0.3) is 0 Å². The second-order valence-corrected chi connectivity index (χ2v) is 4.09. The number of H-pyrrole nitrogens is 1. The van der Waals surface area contributed by atoms with Crippen molar-refractivity contribution in [1.29, 1.82) is 0 Å². The van der Waals surface area contributed by atoms with Crippen molar-refractivity contribution in [3.05, 3.63) is 18.0 Å². The summed E-state index contributed by atoms with van der Waals surface area (Å²) in [5.74, 6) is -0.732. The summed E-state index contributed by atoms with van der Waals surface area (Å²) in [6, 6.07) is 0.103. The fraction of sp³-hybridized carbons (Fsp3) is 0.500. The molecule has 1 heterocycles. The third-order valence-electron chi connectivity index (χ3n) is 2.79. The van der Waals surface area contributed by atoms with Gasteiger partial charge in [-0.1, -0.05) is 0 Å². The number of rotatable bonds is 4. The fourth-order valence-electron chi connectivity index (χ4n) is 1.91. The molecular weight excluding hydrogens is 210 g/mol. The van der Waals surface area contributed by atoms with E-state index in [1.807, 2.05) is 0 Å². The zero-order valence-corrected chi connectivity index (χ0v) is 8.64. The minimum atomic E-state index is -0.774.